The summed E-state index contributed by atoms with van der Waals surface area (Å²) in [5, 5.41) is 6.31. The van der Waals surface area contributed by atoms with Crippen LogP contribution in [-0.2, 0) is 9.59 Å². The summed E-state index contributed by atoms with van der Waals surface area (Å²) < 4.78 is 0. The van der Waals surface area contributed by atoms with Crippen LogP contribution in [-0.4, -0.2) is 92.0 Å². The third-order valence-electron chi connectivity index (χ3n) is 5.82. The molecule has 1 aromatic rings. The average Bonchev–Trinajstić information content (AvgIpc) is 2.71. The van der Waals surface area contributed by atoms with Crippen LogP contribution in [0.2, 0.25) is 0 Å². The van der Waals surface area contributed by atoms with Gasteiger partial charge < -0.3 is 20.4 Å². The summed E-state index contributed by atoms with van der Waals surface area (Å²) in [5.41, 5.74) is 3.20. The van der Waals surface area contributed by atoms with Crippen LogP contribution < -0.4 is 10.6 Å². The zero-order valence-electron chi connectivity index (χ0n) is 18.0. The van der Waals surface area contributed by atoms with Crippen molar-refractivity contribution in [3.05, 3.63) is 29.3 Å². The Morgan fingerprint density at radius 1 is 0.967 bits per heavy atom. The van der Waals surface area contributed by atoms with Crippen LogP contribution in [0.5, 0.6) is 0 Å². The molecule has 0 unspecified atom stereocenters. The molecule has 170 valence electrons. The minimum atomic E-state index is 0. The molecule has 2 fully saturated rings. The van der Waals surface area contributed by atoms with Gasteiger partial charge in [0.15, 0.2) is 0 Å². The fourth-order valence-corrected chi connectivity index (χ4v) is 3.78. The number of anilines is 1. The number of nitrogens with one attached hydrogen (secondary N) is 2. The number of rotatable bonds is 6. The quantitative estimate of drug-likeness (QED) is 0.674. The summed E-state index contributed by atoms with van der Waals surface area (Å²) in [6.07, 6.45) is 0.590. The van der Waals surface area contributed by atoms with Gasteiger partial charge in [0.1, 0.15) is 0 Å². The Morgan fingerprint density at radius 3 is 2.27 bits per heavy atom. The molecule has 3 rings (SSSR count). The van der Waals surface area contributed by atoms with Crippen LogP contribution in [0.15, 0.2) is 18.2 Å². The zero-order chi connectivity index (χ0) is 19.9. The summed E-state index contributed by atoms with van der Waals surface area (Å²) in [6.45, 7) is 12.3. The molecule has 9 heteroatoms. The molecule has 2 aliphatic rings. The van der Waals surface area contributed by atoms with Gasteiger partial charge in [-0.2, -0.15) is 0 Å². The first-order chi connectivity index (χ1) is 13.5. The Hall–Kier alpha value is -1.38. The minimum absolute atomic E-state index is 0. The molecule has 0 aliphatic carbocycles. The van der Waals surface area contributed by atoms with E-state index in [9.17, 15) is 9.59 Å². The van der Waals surface area contributed by atoms with E-state index in [0.29, 0.717) is 13.0 Å². The van der Waals surface area contributed by atoms with Crippen LogP contribution in [0, 0.1) is 13.8 Å². The normalized spacial score (nSPS) is 17.6. The highest BCUT2D eigenvalue weighted by atomic mass is 35.5. The number of piperazine rings is 2. The van der Waals surface area contributed by atoms with Crippen LogP contribution in [0.4, 0.5) is 5.69 Å². The average molecular weight is 460 g/mol. The zero-order valence-corrected chi connectivity index (χ0v) is 19.6. The van der Waals surface area contributed by atoms with Crippen molar-refractivity contribution in [2.45, 2.75) is 20.3 Å². The molecule has 0 atom stereocenters. The van der Waals surface area contributed by atoms with Crippen molar-refractivity contribution in [3.63, 3.8) is 0 Å². The summed E-state index contributed by atoms with van der Waals surface area (Å²) in [7, 11) is 0. The maximum absolute atomic E-state index is 12.4. The maximum Gasteiger partial charge on any atom is 0.238 e. The first-order valence-electron chi connectivity index (χ1n) is 10.3. The Morgan fingerprint density at radius 2 is 1.60 bits per heavy atom. The second-order valence-electron chi connectivity index (χ2n) is 7.79. The Labute approximate surface area is 192 Å². The van der Waals surface area contributed by atoms with Crippen LogP contribution in [0.1, 0.15) is 17.5 Å². The standard InChI is InChI=1S/C21H33N5O2.2ClH/c1-17-4-3-5-19(18(17)2)23-20(27)16-25-14-12-24(13-15-25)9-6-21(28)26-10-7-22-8-11-26;;/h3-5,22H,6-16H2,1-2H3,(H,23,27);2*1H. The summed E-state index contributed by atoms with van der Waals surface area (Å²) in [5.74, 6) is 0.299. The van der Waals surface area contributed by atoms with Gasteiger partial charge in [-0.25, -0.2) is 0 Å². The number of hydrogen-bond donors (Lipinski definition) is 2. The number of nitrogens with zero attached hydrogens (tertiary/aromatic N) is 3. The third kappa shape index (κ3) is 7.71. The molecule has 2 amide bonds. The van der Waals surface area contributed by atoms with Crippen LogP contribution in [0.3, 0.4) is 0 Å². The van der Waals surface area contributed by atoms with E-state index < -0.39 is 0 Å². The lowest BCUT2D eigenvalue weighted by atomic mass is 10.1. The molecule has 2 aliphatic heterocycles. The lowest BCUT2D eigenvalue weighted by Crippen LogP contribution is -2.50. The summed E-state index contributed by atoms with van der Waals surface area (Å²) in [6, 6.07) is 5.98. The Balaban J connectivity index is 0.00000225. The van der Waals surface area contributed by atoms with Crippen molar-refractivity contribution in [1.82, 2.24) is 20.0 Å². The predicted octanol–water partition coefficient (Wildman–Crippen LogP) is 1.53. The summed E-state index contributed by atoms with van der Waals surface area (Å²) in [4.78, 5) is 31.2. The fraction of sp³-hybridized carbons (Fsp3) is 0.619. The predicted molar refractivity (Wildman–Crippen MR) is 126 cm³/mol. The van der Waals surface area contributed by atoms with Gasteiger partial charge in [0, 0.05) is 71.0 Å². The van der Waals surface area contributed by atoms with Crippen molar-refractivity contribution in [2.75, 3.05) is 70.8 Å². The lowest BCUT2D eigenvalue weighted by Gasteiger charge is -2.35. The number of carbonyl (C=O) groups is 2. The lowest BCUT2D eigenvalue weighted by molar-refractivity contribution is -0.132. The van der Waals surface area contributed by atoms with Crippen LogP contribution >= 0.6 is 24.8 Å². The van der Waals surface area contributed by atoms with E-state index in [2.05, 4.69) is 33.4 Å². The molecule has 2 N–H and O–H groups in total. The molecular formula is C21H35Cl2N5O2. The molecule has 30 heavy (non-hydrogen) atoms. The Kier molecular flexibility index (Phi) is 11.7. The van der Waals surface area contributed by atoms with Gasteiger partial charge in [-0.3, -0.25) is 14.5 Å². The van der Waals surface area contributed by atoms with Gasteiger partial charge in [-0.05, 0) is 31.0 Å². The van der Waals surface area contributed by atoms with Gasteiger partial charge in [-0.15, -0.1) is 24.8 Å². The highest BCUT2D eigenvalue weighted by Crippen LogP contribution is 2.18. The van der Waals surface area contributed by atoms with Crippen molar-refractivity contribution >= 4 is 42.3 Å². The topological polar surface area (TPSA) is 67.9 Å². The summed E-state index contributed by atoms with van der Waals surface area (Å²) >= 11 is 0. The van der Waals surface area contributed by atoms with Crippen LogP contribution in [0.25, 0.3) is 0 Å². The van der Waals surface area contributed by atoms with Gasteiger partial charge in [0.05, 0.1) is 6.54 Å². The van der Waals surface area contributed by atoms with Crippen molar-refractivity contribution < 1.29 is 9.59 Å². The second kappa shape index (κ2) is 13.1. The number of carbonyl (C=O) groups excluding carboxylic acids is 2. The number of halogens is 2. The molecule has 2 saturated heterocycles. The van der Waals surface area contributed by atoms with Gasteiger partial charge in [0.2, 0.25) is 11.8 Å². The molecule has 0 spiro atoms. The Bertz CT molecular complexity index is 690. The van der Waals surface area contributed by atoms with Crippen molar-refractivity contribution in [1.29, 1.82) is 0 Å². The second-order valence-corrected chi connectivity index (χ2v) is 7.79. The van der Waals surface area contributed by atoms with Gasteiger partial charge >= 0.3 is 0 Å². The monoisotopic (exact) mass is 459 g/mol. The first-order valence-corrected chi connectivity index (χ1v) is 10.3. The third-order valence-corrected chi connectivity index (χ3v) is 5.82. The fourth-order valence-electron chi connectivity index (χ4n) is 3.78. The van der Waals surface area contributed by atoms with E-state index in [1.54, 1.807) is 0 Å². The number of amides is 2. The van der Waals surface area contributed by atoms with E-state index in [4.69, 9.17) is 0 Å². The van der Waals surface area contributed by atoms with Gasteiger partial charge in [-0.1, -0.05) is 12.1 Å². The first kappa shape index (κ1) is 26.7. The molecule has 0 bridgehead atoms. The highest BCUT2D eigenvalue weighted by molar-refractivity contribution is 5.93. The number of hydrogen-bond acceptors (Lipinski definition) is 5. The van der Waals surface area contributed by atoms with Crippen molar-refractivity contribution in [3.8, 4) is 0 Å². The molecular weight excluding hydrogens is 425 g/mol. The molecule has 7 nitrogen and oxygen atoms in total. The molecule has 2 heterocycles. The maximum atomic E-state index is 12.4. The highest BCUT2D eigenvalue weighted by Gasteiger charge is 2.21. The van der Waals surface area contributed by atoms with Crippen molar-refractivity contribution in [2.24, 2.45) is 0 Å². The number of benzene rings is 1. The van der Waals surface area contributed by atoms with E-state index in [0.717, 1.165) is 70.2 Å². The van der Waals surface area contributed by atoms with Gasteiger partial charge in [0.25, 0.3) is 0 Å². The molecule has 1 aromatic carbocycles. The van der Waals surface area contributed by atoms with E-state index in [1.165, 1.54) is 5.56 Å². The van der Waals surface area contributed by atoms with E-state index in [-0.39, 0.29) is 36.6 Å². The van der Waals surface area contributed by atoms with E-state index in [1.807, 2.05) is 24.0 Å². The SMILES string of the molecule is Cc1cccc(NC(=O)CN2CCN(CCC(=O)N3CCNCC3)CC2)c1C.Cl.Cl. The smallest absolute Gasteiger partial charge is 0.238 e. The molecule has 0 radical (unpaired) electrons. The number of aryl methyl sites for hydroxylation is 1. The minimum Gasteiger partial charge on any atom is -0.340 e. The van der Waals surface area contributed by atoms with E-state index >= 15 is 0 Å². The molecule has 0 saturated carbocycles. The largest absolute Gasteiger partial charge is 0.340 e. The molecule has 0 aromatic heterocycles.